The molecule has 1 aliphatic carbocycles. The van der Waals surface area contributed by atoms with Crippen LogP contribution in [0.1, 0.15) is 46.0 Å². The van der Waals surface area contributed by atoms with Gasteiger partial charge in [-0.25, -0.2) is 9.97 Å². The molecule has 1 aliphatic rings. The lowest BCUT2D eigenvalue weighted by Gasteiger charge is -2.22. The number of amides is 1. The van der Waals surface area contributed by atoms with Crippen molar-refractivity contribution in [3.63, 3.8) is 0 Å². The van der Waals surface area contributed by atoms with Gasteiger partial charge in [0.15, 0.2) is 0 Å². The number of benzene rings is 1. The summed E-state index contributed by atoms with van der Waals surface area (Å²) in [6.07, 6.45) is 10.0. The van der Waals surface area contributed by atoms with Gasteiger partial charge in [0.05, 0.1) is 0 Å². The van der Waals surface area contributed by atoms with E-state index in [2.05, 4.69) is 20.6 Å². The quantitative estimate of drug-likeness (QED) is 0.843. The van der Waals surface area contributed by atoms with Crippen LogP contribution in [0.4, 0.5) is 11.6 Å². The van der Waals surface area contributed by atoms with Crippen molar-refractivity contribution in [3.05, 3.63) is 36.7 Å². The van der Waals surface area contributed by atoms with E-state index in [0.29, 0.717) is 12.0 Å². The molecule has 25 heavy (non-hydrogen) atoms. The molecule has 132 valence electrons. The zero-order chi connectivity index (χ0) is 17.6. The highest BCUT2D eigenvalue weighted by Gasteiger charge is 2.14. The molecule has 1 aromatic heterocycles. The highest BCUT2D eigenvalue weighted by molar-refractivity contribution is 5.92. The van der Waals surface area contributed by atoms with Crippen LogP contribution in [0.25, 0.3) is 11.1 Å². The maximum Gasteiger partial charge on any atom is 0.226 e. The van der Waals surface area contributed by atoms with Gasteiger partial charge >= 0.3 is 0 Å². The normalized spacial score (nSPS) is 15.2. The molecule has 1 saturated carbocycles. The number of rotatable bonds is 5. The van der Waals surface area contributed by atoms with E-state index in [-0.39, 0.29) is 11.8 Å². The van der Waals surface area contributed by atoms with Gasteiger partial charge in [0.2, 0.25) is 11.9 Å². The molecule has 0 radical (unpaired) electrons. The summed E-state index contributed by atoms with van der Waals surface area (Å²) in [7, 11) is 0. The van der Waals surface area contributed by atoms with Crippen LogP contribution in [0.15, 0.2) is 36.7 Å². The van der Waals surface area contributed by atoms with Crippen LogP contribution in [-0.2, 0) is 4.79 Å². The monoisotopic (exact) mass is 338 g/mol. The van der Waals surface area contributed by atoms with E-state index in [1.165, 1.54) is 32.1 Å². The third-order valence-electron chi connectivity index (χ3n) is 4.60. The second kappa shape index (κ2) is 8.10. The fraction of sp³-hybridized carbons (Fsp3) is 0.450. The number of hydrogen-bond donors (Lipinski definition) is 2. The number of anilines is 2. The minimum absolute atomic E-state index is 0.0224. The third kappa shape index (κ3) is 4.78. The van der Waals surface area contributed by atoms with E-state index in [0.717, 1.165) is 16.8 Å². The SMILES string of the molecule is CC(C)C(=O)Nc1ccc(-c2cnc(NC3CCCCC3)nc2)cc1. The number of carbonyl (C=O) groups is 1. The number of aromatic nitrogens is 2. The van der Waals surface area contributed by atoms with Crippen LogP contribution in [0.2, 0.25) is 0 Å². The highest BCUT2D eigenvalue weighted by Crippen LogP contribution is 2.23. The lowest BCUT2D eigenvalue weighted by Crippen LogP contribution is -2.23. The van der Waals surface area contributed by atoms with Crippen molar-refractivity contribution < 1.29 is 4.79 Å². The Morgan fingerprint density at radius 2 is 1.64 bits per heavy atom. The van der Waals surface area contributed by atoms with Gasteiger partial charge in [-0.3, -0.25) is 4.79 Å². The largest absolute Gasteiger partial charge is 0.351 e. The molecule has 0 aliphatic heterocycles. The Balaban J connectivity index is 1.62. The highest BCUT2D eigenvalue weighted by atomic mass is 16.1. The molecule has 1 aromatic carbocycles. The Kier molecular flexibility index (Phi) is 5.64. The Hall–Kier alpha value is -2.43. The first-order valence-corrected chi connectivity index (χ1v) is 9.12. The Morgan fingerprint density at radius 3 is 2.24 bits per heavy atom. The van der Waals surface area contributed by atoms with Crippen molar-refractivity contribution in [1.29, 1.82) is 0 Å². The average molecular weight is 338 g/mol. The predicted molar refractivity (Wildman–Crippen MR) is 101 cm³/mol. The topological polar surface area (TPSA) is 66.9 Å². The summed E-state index contributed by atoms with van der Waals surface area (Å²) in [6, 6.07) is 8.27. The molecule has 5 heteroatoms. The molecule has 0 saturated heterocycles. The molecular weight excluding hydrogens is 312 g/mol. The minimum atomic E-state index is -0.0303. The Labute approximate surface area is 149 Å². The van der Waals surface area contributed by atoms with Gasteiger partial charge in [0.25, 0.3) is 0 Å². The second-order valence-corrected chi connectivity index (χ2v) is 7.00. The second-order valence-electron chi connectivity index (χ2n) is 7.00. The number of hydrogen-bond acceptors (Lipinski definition) is 4. The number of nitrogens with zero attached hydrogens (tertiary/aromatic N) is 2. The summed E-state index contributed by atoms with van der Waals surface area (Å²) in [5.74, 6) is 0.697. The Bertz CT molecular complexity index is 689. The van der Waals surface area contributed by atoms with Crippen molar-refractivity contribution >= 4 is 17.5 Å². The van der Waals surface area contributed by atoms with Gasteiger partial charge in [0, 0.05) is 35.6 Å². The molecule has 0 unspecified atom stereocenters. The summed E-state index contributed by atoms with van der Waals surface area (Å²) in [4.78, 5) is 20.6. The third-order valence-corrected chi connectivity index (χ3v) is 4.60. The van der Waals surface area contributed by atoms with Crippen molar-refractivity contribution in [2.45, 2.75) is 52.0 Å². The molecule has 3 rings (SSSR count). The molecule has 2 aromatic rings. The van der Waals surface area contributed by atoms with Crippen LogP contribution in [0.3, 0.4) is 0 Å². The molecule has 1 fully saturated rings. The van der Waals surface area contributed by atoms with E-state index in [9.17, 15) is 4.79 Å². The first kappa shape index (κ1) is 17.4. The zero-order valence-electron chi connectivity index (χ0n) is 15.0. The van der Waals surface area contributed by atoms with E-state index in [4.69, 9.17) is 0 Å². The fourth-order valence-electron chi connectivity index (χ4n) is 3.01. The van der Waals surface area contributed by atoms with Gasteiger partial charge in [-0.2, -0.15) is 0 Å². The standard InChI is InChI=1S/C20H26N4O/c1-14(2)19(25)23-18-10-8-15(9-11-18)16-12-21-20(22-13-16)24-17-6-4-3-5-7-17/h8-14,17H,3-7H2,1-2H3,(H,23,25)(H,21,22,24). The molecular formula is C20H26N4O. The maximum absolute atomic E-state index is 11.7. The van der Waals surface area contributed by atoms with E-state index >= 15 is 0 Å². The predicted octanol–water partition coefficient (Wildman–Crippen LogP) is 4.48. The summed E-state index contributed by atoms with van der Waals surface area (Å²) in [5, 5.41) is 6.33. The summed E-state index contributed by atoms with van der Waals surface area (Å²) >= 11 is 0. The van der Waals surface area contributed by atoms with Crippen LogP contribution in [-0.4, -0.2) is 21.9 Å². The zero-order valence-corrected chi connectivity index (χ0v) is 15.0. The van der Waals surface area contributed by atoms with Crippen molar-refractivity contribution in [1.82, 2.24) is 9.97 Å². The number of nitrogens with one attached hydrogen (secondary N) is 2. The van der Waals surface area contributed by atoms with Gasteiger partial charge in [0.1, 0.15) is 0 Å². The van der Waals surface area contributed by atoms with Gasteiger partial charge in [-0.05, 0) is 30.5 Å². The summed E-state index contributed by atoms with van der Waals surface area (Å²) in [6.45, 7) is 3.76. The van der Waals surface area contributed by atoms with Crippen molar-refractivity contribution in [2.75, 3.05) is 10.6 Å². The molecule has 5 nitrogen and oxygen atoms in total. The van der Waals surface area contributed by atoms with Crippen molar-refractivity contribution in [2.24, 2.45) is 5.92 Å². The summed E-state index contributed by atoms with van der Waals surface area (Å²) in [5.41, 5.74) is 2.81. The average Bonchev–Trinajstić information content (AvgIpc) is 2.64. The van der Waals surface area contributed by atoms with Crippen LogP contribution in [0, 0.1) is 5.92 Å². The molecule has 1 heterocycles. The number of carbonyl (C=O) groups excluding carboxylic acids is 1. The fourth-order valence-corrected chi connectivity index (χ4v) is 3.01. The maximum atomic E-state index is 11.7. The first-order chi connectivity index (χ1) is 12.1. The van der Waals surface area contributed by atoms with Gasteiger partial charge in [-0.15, -0.1) is 0 Å². The first-order valence-electron chi connectivity index (χ1n) is 9.12. The molecule has 2 N–H and O–H groups in total. The Morgan fingerprint density at radius 1 is 1.00 bits per heavy atom. The van der Waals surface area contributed by atoms with Crippen LogP contribution >= 0.6 is 0 Å². The molecule has 0 spiro atoms. The summed E-state index contributed by atoms with van der Waals surface area (Å²) < 4.78 is 0. The molecule has 0 bridgehead atoms. The van der Waals surface area contributed by atoms with Gasteiger partial charge < -0.3 is 10.6 Å². The van der Waals surface area contributed by atoms with E-state index in [1.54, 1.807) is 0 Å². The van der Waals surface area contributed by atoms with Crippen molar-refractivity contribution in [3.8, 4) is 11.1 Å². The molecule has 0 atom stereocenters. The van der Waals surface area contributed by atoms with Crippen LogP contribution < -0.4 is 10.6 Å². The molecule has 1 amide bonds. The van der Waals surface area contributed by atoms with Gasteiger partial charge in [-0.1, -0.05) is 45.2 Å². The van der Waals surface area contributed by atoms with E-state index in [1.807, 2.05) is 50.5 Å². The smallest absolute Gasteiger partial charge is 0.226 e. The van der Waals surface area contributed by atoms with E-state index < -0.39 is 0 Å². The minimum Gasteiger partial charge on any atom is -0.351 e. The lowest BCUT2D eigenvalue weighted by atomic mass is 9.96. The van der Waals surface area contributed by atoms with Crippen LogP contribution in [0.5, 0.6) is 0 Å². The lowest BCUT2D eigenvalue weighted by molar-refractivity contribution is -0.118.